The lowest BCUT2D eigenvalue weighted by molar-refractivity contribution is 0.173. The van der Waals surface area contributed by atoms with Crippen LogP contribution in [0, 0.1) is 17.2 Å². The van der Waals surface area contributed by atoms with Crippen molar-refractivity contribution in [2.45, 2.75) is 39.0 Å². The normalized spacial score (nSPS) is 19.4. The third kappa shape index (κ3) is 3.18. The molecule has 1 atom stereocenters. The van der Waals surface area contributed by atoms with E-state index in [1.807, 2.05) is 0 Å². The monoisotopic (exact) mass is 295 g/mol. The van der Waals surface area contributed by atoms with Gasteiger partial charge in [-0.1, -0.05) is 31.5 Å². The topological polar surface area (TPSA) is 42.8 Å². The second-order valence-corrected chi connectivity index (χ2v) is 6.43. The molecule has 1 aromatic carbocycles. The van der Waals surface area contributed by atoms with E-state index in [1.165, 1.54) is 43.3 Å². The molecule has 1 aliphatic rings. The Morgan fingerprint density at radius 3 is 3.05 bits per heavy atom. The van der Waals surface area contributed by atoms with Gasteiger partial charge in [-0.15, -0.1) is 0 Å². The average molecular weight is 295 g/mol. The number of benzene rings is 1. The minimum absolute atomic E-state index is 0.474. The summed E-state index contributed by atoms with van der Waals surface area (Å²) in [6.07, 6.45) is 5.53. The first-order valence-corrected chi connectivity index (χ1v) is 8.49. The van der Waals surface area contributed by atoms with E-state index in [9.17, 15) is 0 Å². The van der Waals surface area contributed by atoms with Crippen LogP contribution in [0.3, 0.4) is 0 Å². The molecule has 1 saturated heterocycles. The molecule has 0 amide bonds. The number of aromatic nitrogens is 1. The Kier molecular flexibility index (Phi) is 4.80. The van der Waals surface area contributed by atoms with Gasteiger partial charge < -0.3 is 9.88 Å². The Morgan fingerprint density at radius 1 is 1.36 bits per heavy atom. The van der Waals surface area contributed by atoms with Crippen molar-refractivity contribution in [2.24, 2.45) is 5.92 Å². The molecule has 0 spiro atoms. The van der Waals surface area contributed by atoms with Gasteiger partial charge >= 0.3 is 0 Å². The Balaban J connectivity index is 1.75. The van der Waals surface area contributed by atoms with Crippen LogP contribution in [0.4, 0.5) is 0 Å². The van der Waals surface area contributed by atoms with Gasteiger partial charge in [-0.3, -0.25) is 0 Å². The molecular weight excluding hydrogens is 270 g/mol. The molecular formula is C19H25N3. The maximum atomic E-state index is 9.07. The van der Waals surface area contributed by atoms with Crippen molar-refractivity contribution in [2.75, 3.05) is 19.6 Å². The molecule has 0 saturated carbocycles. The zero-order valence-corrected chi connectivity index (χ0v) is 13.4. The number of fused-ring (bicyclic) bond motifs is 1. The maximum absolute atomic E-state index is 9.07. The van der Waals surface area contributed by atoms with Gasteiger partial charge in [0, 0.05) is 29.7 Å². The molecule has 1 N–H and O–H groups in total. The highest BCUT2D eigenvalue weighted by atomic mass is 15.1. The lowest BCUT2D eigenvalue weighted by Crippen LogP contribution is -2.36. The average Bonchev–Trinajstić information content (AvgIpc) is 2.91. The number of para-hydroxylation sites is 1. The molecule has 22 heavy (non-hydrogen) atoms. The smallest absolute Gasteiger partial charge is 0.0755 e. The van der Waals surface area contributed by atoms with Gasteiger partial charge in [0.15, 0.2) is 0 Å². The number of H-pyrrole nitrogens is 1. The highest BCUT2D eigenvalue weighted by molar-refractivity contribution is 5.84. The fourth-order valence-corrected chi connectivity index (χ4v) is 3.73. The second-order valence-electron chi connectivity index (χ2n) is 6.43. The number of likely N-dealkylation sites (tertiary alicyclic amines) is 1. The van der Waals surface area contributed by atoms with E-state index in [-0.39, 0.29) is 0 Å². The lowest BCUT2D eigenvalue weighted by atomic mass is 9.95. The molecule has 0 radical (unpaired) electrons. The van der Waals surface area contributed by atoms with Gasteiger partial charge in [-0.25, -0.2) is 0 Å². The Morgan fingerprint density at radius 2 is 2.23 bits per heavy atom. The van der Waals surface area contributed by atoms with Crippen LogP contribution in [0.2, 0.25) is 0 Å². The molecule has 0 bridgehead atoms. The summed E-state index contributed by atoms with van der Waals surface area (Å²) in [5, 5.41) is 10.4. The van der Waals surface area contributed by atoms with Crippen LogP contribution in [0.1, 0.15) is 37.4 Å². The highest BCUT2D eigenvalue weighted by Gasteiger charge is 2.19. The summed E-state index contributed by atoms with van der Waals surface area (Å²) in [6.45, 7) is 5.88. The summed E-state index contributed by atoms with van der Waals surface area (Å²) in [5.74, 6) is 0.871. The summed E-state index contributed by atoms with van der Waals surface area (Å²) in [4.78, 5) is 6.04. The van der Waals surface area contributed by atoms with E-state index in [1.54, 1.807) is 0 Å². The Labute approximate surface area is 132 Å². The quantitative estimate of drug-likeness (QED) is 0.909. The molecule has 3 rings (SSSR count). The fraction of sp³-hybridized carbons (Fsp3) is 0.526. The van der Waals surface area contributed by atoms with Crippen molar-refractivity contribution in [3.63, 3.8) is 0 Å². The predicted octanol–water partition coefficient (Wildman–Crippen LogP) is 3.90. The van der Waals surface area contributed by atoms with Crippen molar-refractivity contribution < 1.29 is 0 Å². The van der Waals surface area contributed by atoms with Crippen LogP contribution in [0.5, 0.6) is 0 Å². The van der Waals surface area contributed by atoms with Crippen LogP contribution < -0.4 is 0 Å². The number of nitriles is 1. The molecule has 3 nitrogen and oxygen atoms in total. The zero-order chi connectivity index (χ0) is 15.4. The fourth-order valence-electron chi connectivity index (χ4n) is 3.73. The summed E-state index contributed by atoms with van der Waals surface area (Å²) in [7, 11) is 0. The number of piperidine rings is 1. The molecule has 1 fully saturated rings. The first kappa shape index (κ1) is 15.1. The Hall–Kier alpha value is -1.79. The van der Waals surface area contributed by atoms with Gasteiger partial charge in [-0.05, 0) is 43.4 Å². The molecule has 1 aliphatic heterocycles. The Bertz CT molecular complexity index is 665. The van der Waals surface area contributed by atoms with E-state index < -0.39 is 0 Å². The van der Waals surface area contributed by atoms with Gasteiger partial charge in [0.2, 0.25) is 0 Å². The molecule has 1 unspecified atom stereocenters. The van der Waals surface area contributed by atoms with Crippen LogP contribution >= 0.6 is 0 Å². The number of rotatable bonds is 5. The molecule has 2 aromatic rings. The number of aromatic amines is 1. The predicted molar refractivity (Wildman–Crippen MR) is 90.8 cm³/mol. The van der Waals surface area contributed by atoms with E-state index in [2.05, 4.69) is 47.1 Å². The van der Waals surface area contributed by atoms with Crippen LogP contribution in [0.25, 0.3) is 10.9 Å². The SMILES string of the molecule is CCC1CCCN(CCc2c(CC#N)[nH]c3ccccc23)C1. The summed E-state index contributed by atoms with van der Waals surface area (Å²) in [6, 6.07) is 10.7. The summed E-state index contributed by atoms with van der Waals surface area (Å²) >= 11 is 0. The van der Waals surface area contributed by atoms with Crippen molar-refractivity contribution in [3.8, 4) is 6.07 Å². The van der Waals surface area contributed by atoms with Crippen LogP contribution in [-0.4, -0.2) is 29.5 Å². The molecule has 116 valence electrons. The second kappa shape index (κ2) is 6.98. The first-order valence-electron chi connectivity index (χ1n) is 8.49. The highest BCUT2D eigenvalue weighted by Crippen LogP contribution is 2.25. The first-order chi connectivity index (χ1) is 10.8. The molecule has 1 aromatic heterocycles. The summed E-state index contributed by atoms with van der Waals surface area (Å²) in [5.41, 5.74) is 3.61. The zero-order valence-electron chi connectivity index (χ0n) is 13.4. The standard InChI is InChI=1S/C19H25N3/c1-2-15-6-5-12-22(14-15)13-10-17-16-7-3-4-8-18(16)21-19(17)9-11-20/h3-4,7-8,15,21H,2,5-6,9-10,12-14H2,1H3. The molecule has 0 aliphatic carbocycles. The largest absolute Gasteiger partial charge is 0.357 e. The molecule has 3 heteroatoms. The molecule has 2 heterocycles. The third-order valence-corrected chi connectivity index (χ3v) is 5.02. The van der Waals surface area contributed by atoms with E-state index in [4.69, 9.17) is 5.26 Å². The maximum Gasteiger partial charge on any atom is 0.0755 e. The minimum Gasteiger partial charge on any atom is -0.357 e. The van der Waals surface area contributed by atoms with Crippen molar-refractivity contribution in [1.29, 1.82) is 5.26 Å². The van der Waals surface area contributed by atoms with E-state index >= 15 is 0 Å². The van der Waals surface area contributed by atoms with Crippen molar-refractivity contribution >= 4 is 10.9 Å². The van der Waals surface area contributed by atoms with Crippen molar-refractivity contribution in [3.05, 3.63) is 35.5 Å². The number of nitrogens with zero attached hydrogens (tertiary/aromatic N) is 2. The van der Waals surface area contributed by atoms with Crippen LogP contribution in [0.15, 0.2) is 24.3 Å². The van der Waals surface area contributed by atoms with Gasteiger partial charge in [0.25, 0.3) is 0 Å². The minimum atomic E-state index is 0.474. The van der Waals surface area contributed by atoms with Gasteiger partial charge in [0.05, 0.1) is 12.5 Å². The van der Waals surface area contributed by atoms with E-state index in [0.717, 1.165) is 30.1 Å². The van der Waals surface area contributed by atoms with Gasteiger partial charge in [-0.2, -0.15) is 5.26 Å². The van der Waals surface area contributed by atoms with Gasteiger partial charge in [0.1, 0.15) is 0 Å². The van der Waals surface area contributed by atoms with Crippen molar-refractivity contribution in [1.82, 2.24) is 9.88 Å². The number of hydrogen-bond acceptors (Lipinski definition) is 2. The number of hydrogen-bond donors (Lipinski definition) is 1. The van der Waals surface area contributed by atoms with Crippen LogP contribution in [-0.2, 0) is 12.8 Å². The number of nitrogens with one attached hydrogen (secondary N) is 1. The lowest BCUT2D eigenvalue weighted by Gasteiger charge is -2.32. The van der Waals surface area contributed by atoms with E-state index in [0.29, 0.717) is 6.42 Å². The third-order valence-electron chi connectivity index (χ3n) is 5.02. The summed E-state index contributed by atoms with van der Waals surface area (Å²) < 4.78 is 0.